The van der Waals surface area contributed by atoms with Gasteiger partial charge in [0.1, 0.15) is 0 Å². The van der Waals surface area contributed by atoms with Gasteiger partial charge >= 0.3 is 6.03 Å². The molecule has 27 heavy (non-hydrogen) atoms. The Labute approximate surface area is 162 Å². The van der Waals surface area contributed by atoms with Gasteiger partial charge in [-0.2, -0.15) is 5.10 Å². The fourth-order valence-electron chi connectivity index (χ4n) is 7.67. The summed E-state index contributed by atoms with van der Waals surface area (Å²) >= 11 is 0. The Morgan fingerprint density at radius 1 is 1.11 bits per heavy atom. The van der Waals surface area contributed by atoms with E-state index in [2.05, 4.69) is 24.4 Å². The first-order valence-corrected chi connectivity index (χ1v) is 10.7. The number of fused-ring (bicyclic) bond motifs is 5. The van der Waals surface area contributed by atoms with Crippen molar-refractivity contribution in [3.05, 3.63) is 0 Å². The molecule has 2 amide bonds. The largest absolute Gasteiger partial charge is 0.393 e. The Kier molecular flexibility index (Phi) is 4.58. The molecule has 4 fully saturated rings. The maximum atomic E-state index is 12.0. The van der Waals surface area contributed by atoms with Gasteiger partial charge in [-0.15, -0.1) is 0 Å². The number of hydrogen-bond acceptors (Lipinski definition) is 4. The molecule has 0 spiro atoms. The highest BCUT2D eigenvalue weighted by Gasteiger charge is 2.66. The number of rotatable bonds is 2. The van der Waals surface area contributed by atoms with Crippen LogP contribution < -0.4 is 11.2 Å². The molecule has 6 heteroatoms. The summed E-state index contributed by atoms with van der Waals surface area (Å²) in [5.41, 5.74) is 6.80. The zero-order chi connectivity index (χ0) is 19.4. The SMILES string of the molecule is C[C@]12CC[C@H](O)C[C@H]1CC[C@@H]1[C@@H]2CC[C@]2(C)[C@@H](C=NNC(N)=O)CC[C@]12O. The van der Waals surface area contributed by atoms with Crippen LogP contribution in [0.3, 0.4) is 0 Å². The molecule has 8 atom stereocenters. The summed E-state index contributed by atoms with van der Waals surface area (Å²) in [5.74, 6) is 1.62. The predicted octanol–water partition coefficient (Wildman–Crippen LogP) is 2.78. The molecule has 4 rings (SSSR count). The number of urea groups is 1. The van der Waals surface area contributed by atoms with Crippen molar-refractivity contribution in [1.82, 2.24) is 5.43 Å². The van der Waals surface area contributed by atoms with Crippen molar-refractivity contribution in [3.8, 4) is 0 Å². The number of nitrogens with two attached hydrogens (primary N) is 1. The predicted molar refractivity (Wildman–Crippen MR) is 104 cm³/mol. The van der Waals surface area contributed by atoms with E-state index >= 15 is 0 Å². The highest BCUT2D eigenvalue weighted by molar-refractivity contribution is 5.73. The number of carbonyl (C=O) groups is 1. The molecule has 0 radical (unpaired) electrons. The molecular weight excluding hydrogens is 342 g/mol. The van der Waals surface area contributed by atoms with Gasteiger partial charge in [-0.3, -0.25) is 0 Å². The summed E-state index contributed by atoms with van der Waals surface area (Å²) in [5, 5.41) is 26.2. The van der Waals surface area contributed by atoms with E-state index in [1.165, 1.54) is 0 Å². The molecule has 0 saturated heterocycles. The third-order valence-corrected chi connectivity index (χ3v) is 9.33. The van der Waals surface area contributed by atoms with Crippen molar-refractivity contribution >= 4 is 12.2 Å². The maximum Gasteiger partial charge on any atom is 0.332 e. The normalized spacial score (nSPS) is 52.1. The Hall–Kier alpha value is -1.14. The number of carbonyl (C=O) groups excluding carboxylic acids is 1. The lowest BCUT2D eigenvalue weighted by molar-refractivity contribution is -0.206. The number of nitrogens with zero attached hydrogens (tertiary/aromatic N) is 1. The van der Waals surface area contributed by atoms with E-state index in [1.54, 1.807) is 6.21 Å². The van der Waals surface area contributed by atoms with Gasteiger partial charge in [0, 0.05) is 17.5 Å². The van der Waals surface area contributed by atoms with Crippen molar-refractivity contribution in [2.45, 2.75) is 83.3 Å². The molecule has 5 N–H and O–H groups in total. The standard InChI is InChI=1S/C21H35N3O3/c1-19-8-6-15(25)11-13(19)3-4-17-16(19)7-9-20(2)14(5-10-21(17,20)27)12-23-24-18(22)26/h12-17,25,27H,3-11H2,1-2H3,(H3,22,24,26)/t13-,14-,15+,16+,17-,19+,20-,21+/m1/s1. The molecule has 0 unspecified atom stereocenters. The minimum atomic E-state index is -0.663. The number of nitrogens with one attached hydrogen (secondary N) is 1. The third-order valence-electron chi connectivity index (χ3n) is 9.33. The number of primary amides is 1. The minimum Gasteiger partial charge on any atom is -0.393 e. The fraction of sp³-hybridized carbons (Fsp3) is 0.905. The molecule has 0 heterocycles. The molecule has 0 aromatic rings. The molecule has 6 nitrogen and oxygen atoms in total. The quantitative estimate of drug-likeness (QED) is 0.439. The molecule has 4 aliphatic rings. The number of hydrazone groups is 1. The summed E-state index contributed by atoms with van der Waals surface area (Å²) in [4.78, 5) is 10.9. The topological polar surface area (TPSA) is 108 Å². The van der Waals surface area contributed by atoms with Crippen molar-refractivity contribution in [2.75, 3.05) is 0 Å². The molecule has 0 bridgehead atoms. The van der Waals surface area contributed by atoms with Crippen molar-refractivity contribution in [1.29, 1.82) is 0 Å². The Bertz CT molecular complexity index is 640. The van der Waals surface area contributed by atoms with Gasteiger partial charge in [-0.05, 0) is 81.0 Å². The molecule has 4 aliphatic carbocycles. The average molecular weight is 378 g/mol. The Balaban J connectivity index is 1.59. The van der Waals surface area contributed by atoms with Crippen molar-refractivity contribution in [3.63, 3.8) is 0 Å². The van der Waals surface area contributed by atoms with Gasteiger partial charge in [0.25, 0.3) is 0 Å². The first-order chi connectivity index (χ1) is 12.7. The molecule has 0 aromatic heterocycles. The van der Waals surface area contributed by atoms with Gasteiger partial charge in [-0.1, -0.05) is 13.8 Å². The monoisotopic (exact) mass is 377 g/mol. The zero-order valence-corrected chi connectivity index (χ0v) is 16.7. The van der Waals surface area contributed by atoms with Crippen LogP contribution >= 0.6 is 0 Å². The molecule has 152 valence electrons. The maximum absolute atomic E-state index is 12.0. The van der Waals surface area contributed by atoms with Crippen LogP contribution in [0, 0.1) is 34.5 Å². The fourth-order valence-corrected chi connectivity index (χ4v) is 7.67. The van der Waals surface area contributed by atoms with Crippen LogP contribution in [0.5, 0.6) is 0 Å². The lowest BCUT2D eigenvalue weighted by Gasteiger charge is -2.63. The average Bonchev–Trinajstić information content (AvgIpc) is 2.87. The van der Waals surface area contributed by atoms with E-state index in [1.807, 2.05) is 0 Å². The smallest absolute Gasteiger partial charge is 0.332 e. The summed E-state index contributed by atoms with van der Waals surface area (Å²) in [6.45, 7) is 4.65. The number of amides is 2. The number of aliphatic hydroxyl groups is 2. The molecule has 4 saturated carbocycles. The van der Waals surface area contributed by atoms with E-state index in [-0.39, 0.29) is 22.9 Å². The van der Waals surface area contributed by atoms with Crippen LogP contribution in [-0.4, -0.2) is 34.2 Å². The van der Waals surface area contributed by atoms with E-state index < -0.39 is 11.6 Å². The number of hydrogen-bond donors (Lipinski definition) is 4. The highest BCUT2D eigenvalue weighted by atomic mass is 16.3. The van der Waals surface area contributed by atoms with E-state index in [0.717, 1.165) is 57.8 Å². The summed E-state index contributed by atoms with van der Waals surface area (Å²) < 4.78 is 0. The van der Waals surface area contributed by atoms with Crippen LogP contribution in [0.4, 0.5) is 4.79 Å². The van der Waals surface area contributed by atoms with E-state index in [9.17, 15) is 15.0 Å². The first kappa shape index (κ1) is 19.2. The van der Waals surface area contributed by atoms with Crippen LogP contribution in [0.15, 0.2) is 5.10 Å². The zero-order valence-electron chi connectivity index (χ0n) is 16.7. The van der Waals surface area contributed by atoms with E-state index in [4.69, 9.17) is 5.73 Å². The molecule has 0 aromatic carbocycles. The second-order valence-electron chi connectivity index (χ2n) is 10.2. The first-order valence-electron chi connectivity index (χ1n) is 10.7. The minimum absolute atomic E-state index is 0.138. The van der Waals surface area contributed by atoms with Gasteiger partial charge in [-0.25, -0.2) is 10.2 Å². The second kappa shape index (κ2) is 6.45. The van der Waals surface area contributed by atoms with Gasteiger partial charge in [0.2, 0.25) is 0 Å². The van der Waals surface area contributed by atoms with Crippen LogP contribution in [-0.2, 0) is 0 Å². The summed E-state index contributed by atoms with van der Waals surface area (Å²) in [6.07, 6.45) is 10.6. The Morgan fingerprint density at radius 3 is 2.63 bits per heavy atom. The molecular formula is C21H35N3O3. The van der Waals surface area contributed by atoms with Crippen molar-refractivity contribution < 1.29 is 15.0 Å². The summed E-state index contributed by atoms with van der Waals surface area (Å²) in [7, 11) is 0. The van der Waals surface area contributed by atoms with Gasteiger partial charge < -0.3 is 15.9 Å². The lowest BCUT2D eigenvalue weighted by atomic mass is 9.43. The third kappa shape index (κ3) is 2.74. The highest BCUT2D eigenvalue weighted by Crippen LogP contribution is 2.68. The van der Waals surface area contributed by atoms with Gasteiger partial charge in [0.15, 0.2) is 0 Å². The van der Waals surface area contributed by atoms with Crippen molar-refractivity contribution in [2.24, 2.45) is 45.3 Å². The number of aliphatic hydroxyl groups excluding tert-OH is 1. The van der Waals surface area contributed by atoms with Crippen LogP contribution in [0.2, 0.25) is 0 Å². The lowest BCUT2D eigenvalue weighted by Crippen LogP contribution is -2.62. The Morgan fingerprint density at radius 2 is 1.89 bits per heavy atom. The van der Waals surface area contributed by atoms with Gasteiger partial charge in [0.05, 0.1) is 11.7 Å². The van der Waals surface area contributed by atoms with Crippen LogP contribution in [0.1, 0.15) is 71.6 Å². The second-order valence-corrected chi connectivity index (χ2v) is 10.2. The molecule has 0 aliphatic heterocycles. The van der Waals surface area contributed by atoms with Crippen LogP contribution in [0.25, 0.3) is 0 Å². The van der Waals surface area contributed by atoms with E-state index in [0.29, 0.717) is 17.8 Å². The summed E-state index contributed by atoms with van der Waals surface area (Å²) in [6, 6.07) is -0.654.